The summed E-state index contributed by atoms with van der Waals surface area (Å²) in [4.78, 5) is 4.65. The molecule has 1 atom stereocenters. The van der Waals surface area contributed by atoms with E-state index in [1.165, 1.54) is 0 Å². The minimum atomic E-state index is 0.253. The van der Waals surface area contributed by atoms with Gasteiger partial charge in [0.05, 0.1) is 15.7 Å². The maximum absolute atomic E-state index is 6.22. The molecular weight excluding hydrogens is 299 g/mol. The van der Waals surface area contributed by atoms with Crippen molar-refractivity contribution in [2.45, 2.75) is 26.3 Å². The van der Waals surface area contributed by atoms with Crippen molar-refractivity contribution in [1.29, 1.82) is 0 Å². The normalized spacial score (nSPS) is 12.6. The zero-order chi connectivity index (χ0) is 13.8. The van der Waals surface area contributed by atoms with E-state index in [2.05, 4.69) is 29.5 Å². The van der Waals surface area contributed by atoms with E-state index in [4.69, 9.17) is 23.2 Å². The summed E-state index contributed by atoms with van der Waals surface area (Å²) in [6, 6.07) is 5.88. The first kappa shape index (κ1) is 14.8. The Bertz CT molecular complexity index is 554. The van der Waals surface area contributed by atoms with Crippen molar-refractivity contribution >= 4 is 34.5 Å². The first-order valence-electron chi connectivity index (χ1n) is 6.26. The zero-order valence-corrected chi connectivity index (χ0v) is 13.2. The van der Waals surface area contributed by atoms with Crippen LogP contribution in [0.2, 0.25) is 10.0 Å². The van der Waals surface area contributed by atoms with Gasteiger partial charge in [0, 0.05) is 17.0 Å². The first-order valence-corrected chi connectivity index (χ1v) is 7.90. The second-order valence-corrected chi connectivity index (χ2v) is 6.00. The van der Waals surface area contributed by atoms with Crippen LogP contribution in [0.5, 0.6) is 0 Å². The maximum Gasteiger partial charge on any atom is 0.125 e. The SMILES string of the molecule is CCCNC(C)c1csc(-c2cccc(Cl)c2Cl)n1. The largest absolute Gasteiger partial charge is 0.309 e. The van der Waals surface area contributed by atoms with Gasteiger partial charge in [0.25, 0.3) is 0 Å². The molecule has 2 rings (SSSR count). The Balaban J connectivity index is 2.23. The summed E-state index contributed by atoms with van der Waals surface area (Å²) in [7, 11) is 0. The lowest BCUT2D eigenvalue weighted by Gasteiger charge is -2.09. The predicted molar refractivity (Wildman–Crippen MR) is 84.3 cm³/mol. The van der Waals surface area contributed by atoms with Crippen LogP contribution in [0.3, 0.4) is 0 Å². The lowest BCUT2D eigenvalue weighted by Crippen LogP contribution is -2.19. The summed E-state index contributed by atoms with van der Waals surface area (Å²) in [5.41, 5.74) is 1.94. The van der Waals surface area contributed by atoms with Crippen molar-refractivity contribution in [3.63, 3.8) is 0 Å². The molecule has 0 saturated carbocycles. The molecule has 0 radical (unpaired) electrons. The molecule has 1 aromatic carbocycles. The molecule has 5 heteroatoms. The van der Waals surface area contributed by atoms with Crippen LogP contribution in [0, 0.1) is 0 Å². The van der Waals surface area contributed by atoms with Gasteiger partial charge in [-0.2, -0.15) is 0 Å². The number of hydrogen-bond acceptors (Lipinski definition) is 3. The quantitative estimate of drug-likeness (QED) is 0.822. The van der Waals surface area contributed by atoms with Crippen LogP contribution in [0.25, 0.3) is 10.6 Å². The summed E-state index contributed by atoms with van der Waals surface area (Å²) >= 11 is 13.8. The maximum atomic E-state index is 6.22. The highest BCUT2D eigenvalue weighted by Crippen LogP contribution is 2.35. The van der Waals surface area contributed by atoms with Gasteiger partial charge in [-0.25, -0.2) is 4.98 Å². The fourth-order valence-corrected chi connectivity index (χ4v) is 3.13. The molecule has 2 aromatic rings. The van der Waals surface area contributed by atoms with E-state index in [0.717, 1.165) is 29.2 Å². The molecule has 0 fully saturated rings. The molecule has 0 aliphatic rings. The lowest BCUT2D eigenvalue weighted by molar-refractivity contribution is 0.561. The van der Waals surface area contributed by atoms with E-state index in [-0.39, 0.29) is 6.04 Å². The van der Waals surface area contributed by atoms with E-state index in [1.807, 2.05) is 12.1 Å². The standard InChI is InChI=1S/C14H16Cl2N2S/c1-3-7-17-9(2)12-8-19-14(18-12)10-5-4-6-11(15)13(10)16/h4-6,8-9,17H,3,7H2,1-2H3. The Morgan fingerprint density at radius 1 is 1.37 bits per heavy atom. The van der Waals surface area contributed by atoms with E-state index in [1.54, 1.807) is 17.4 Å². The Kier molecular flexibility index (Phi) is 5.22. The van der Waals surface area contributed by atoms with Crippen LogP contribution in [0.1, 0.15) is 32.0 Å². The number of hydrogen-bond donors (Lipinski definition) is 1. The Labute approximate surface area is 127 Å². The molecule has 0 aliphatic heterocycles. The Hall–Kier alpha value is -0.610. The molecule has 0 amide bonds. The zero-order valence-electron chi connectivity index (χ0n) is 10.9. The number of nitrogens with zero attached hydrogens (tertiary/aromatic N) is 1. The molecule has 0 spiro atoms. The fourth-order valence-electron chi connectivity index (χ4n) is 1.74. The molecule has 19 heavy (non-hydrogen) atoms. The van der Waals surface area contributed by atoms with Crippen molar-refractivity contribution < 1.29 is 0 Å². The highest BCUT2D eigenvalue weighted by atomic mass is 35.5. The van der Waals surface area contributed by atoms with Crippen LogP contribution in [-0.4, -0.2) is 11.5 Å². The third-order valence-electron chi connectivity index (χ3n) is 2.85. The number of thiazole rings is 1. The first-order chi connectivity index (χ1) is 9.13. The van der Waals surface area contributed by atoms with Gasteiger partial charge in [-0.1, -0.05) is 42.3 Å². The van der Waals surface area contributed by atoms with Crippen molar-refractivity contribution in [3.05, 3.63) is 39.3 Å². The highest BCUT2D eigenvalue weighted by Gasteiger charge is 2.13. The number of halogens is 2. The molecule has 0 saturated heterocycles. The van der Waals surface area contributed by atoms with Crippen LogP contribution in [0.15, 0.2) is 23.6 Å². The van der Waals surface area contributed by atoms with E-state index in [9.17, 15) is 0 Å². The number of benzene rings is 1. The molecule has 1 unspecified atom stereocenters. The number of aromatic nitrogens is 1. The number of rotatable bonds is 5. The van der Waals surface area contributed by atoms with Gasteiger partial charge >= 0.3 is 0 Å². The van der Waals surface area contributed by atoms with Gasteiger partial charge in [-0.3, -0.25) is 0 Å². The Morgan fingerprint density at radius 3 is 2.89 bits per heavy atom. The van der Waals surface area contributed by atoms with E-state index >= 15 is 0 Å². The summed E-state index contributed by atoms with van der Waals surface area (Å²) in [5.74, 6) is 0. The molecule has 0 aliphatic carbocycles. The molecule has 102 valence electrons. The predicted octanol–water partition coefficient (Wildman–Crippen LogP) is 5.18. The van der Waals surface area contributed by atoms with Crippen molar-refractivity contribution in [1.82, 2.24) is 10.3 Å². The summed E-state index contributed by atoms with van der Waals surface area (Å²) in [5, 5.41) is 7.54. The van der Waals surface area contributed by atoms with Gasteiger partial charge in [-0.05, 0) is 26.0 Å². The third-order valence-corrected chi connectivity index (χ3v) is 4.56. The Morgan fingerprint density at radius 2 is 2.16 bits per heavy atom. The van der Waals surface area contributed by atoms with E-state index in [0.29, 0.717) is 10.0 Å². The second-order valence-electron chi connectivity index (χ2n) is 4.35. The van der Waals surface area contributed by atoms with Crippen LogP contribution >= 0.6 is 34.5 Å². The lowest BCUT2D eigenvalue weighted by atomic mass is 10.2. The van der Waals surface area contributed by atoms with Crippen LogP contribution < -0.4 is 5.32 Å². The van der Waals surface area contributed by atoms with Gasteiger partial charge in [-0.15, -0.1) is 11.3 Å². The molecule has 1 heterocycles. The van der Waals surface area contributed by atoms with Gasteiger partial charge in [0.2, 0.25) is 0 Å². The van der Waals surface area contributed by atoms with Gasteiger partial charge in [0.15, 0.2) is 0 Å². The smallest absolute Gasteiger partial charge is 0.125 e. The minimum Gasteiger partial charge on any atom is -0.309 e. The number of nitrogens with one attached hydrogen (secondary N) is 1. The van der Waals surface area contributed by atoms with Crippen molar-refractivity contribution in [2.75, 3.05) is 6.54 Å². The molecular formula is C14H16Cl2N2S. The fraction of sp³-hybridized carbons (Fsp3) is 0.357. The van der Waals surface area contributed by atoms with Crippen molar-refractivity contribution in [2.24, 2.45) is 0 Å². The van der Waals surface area contributed by atoms with E-state index < -0.39 is 0 Å². The monoisotopic (exact) mass is 314 g/mol. The summed E-state index contributed by atoms with van der Waals surface area (Å²) in [6.07, 6.45) is 1.11. The average molecular weight is 315 g/mol. The second kappa shape index (κ2) is 6.71. The molecule has 0 bridgehead atoms. The average Bonchev–Trinajstić information content (AvgIpc) is 2.88. The van der Waals surface area contributed by atoms with Crippen LogP contribution in [-0.2, 0) is 0 Å². The minimum absolute atomic E-state index is 0.253. The van der Waals surface area contributed by atoms with Gasteiger partial charge < -0.3 is 5.32 Å². The highest BCUT2D eigenvalue weighted by molar-refractivity contribution is 7.13. The summed E-state index contributed by atoms with van der Waals surface area (Å²) in [6.45, 7) is 5.26. The third kappa shape index (κ3) is 3.48. The van der Waals surface area contributed by atoms with Crippen LogP contribution in [0.4, 0.5) is 0 Å². The molecule has 2 nitrogen and oxygen atoms in total. The van der Waals surface area contributed by atoms with Crippen molar-refractivity contribution in [3.8, 4) is 10.6 Å². The summed E-state index contributed by atoms with van der Waals surface area (Å²) < 4.78 is 0. The molecule has 1 N–H and O–H groups in total. The molecule has 1 aromatic heterocycles. The topological polar surface area (TPSA) is 24.9 Å². The van der Waals surface area contributed by atoms with Gasteiger partial charge in [0.1, 0.15) is 5.01 Å².